The largest absolute Gasteiger partial charge is 0.369 e. The molecule has 0 unspecified atom stereocenters. The highest BCUT2D eigenvalue weighted by Crippen LogP contribution is 2.40. The summed E-state index contributed by atoms with van der Waals surface area (Å²) in [7, 11) is 0. The van der Waals surface area contributed by atoms with Gasteiger partial charge in [-0.15, -0.1) is 0 Å². The van der Waals surface area contributed by atoms with Crippen LogP contribution < -0.4 is 11.1 Å². The minimum Gasteiger partial charge on any atom is -0.369 e. The van der Waals surface area contributed by atoms with Crippen molar-refractivity contribution < 1.29 is 4.79 Å². The molecule has 8 heteroatoms. The molecule has 3 heterocycles. The van der Waals surface area contributed by atoms with Crippen LogP contribution in [0.3, 0.4) is 0 Å². The number of nitrogens with zero attached hydrogens (tertiary/aromatic N) is 1. The molecular weight excluding hydrogens is 378 g/mol. The summed E-state index contributed by atoms with van der Waals surface area (Å²) >= 11 is 6.92. The Morgan fingerprint density at radius 1 is 1.37 bits per heavy atom. The number of nitrogens with two attached hydrogens (primary N) is 1. The number of fused-ring (bicyclic) bond motifs is 1. The highest BCUT2D eigenvalue weighted by atomic mass is 79.9. The third-order valence-electron chi connectivity index (χ3n) is 3.22. The minimum atomic E-state index is -0.101. The van der Waals surface area contributed by atoms with Crippen molar-refractivity contribution in [3.8, 4) is 0 Å². The third-order valence-corrected chi connectivity index (χ3v) is 5.17. The van der Waals surface area contributed by atoms with Crippen LogP contribution >= 0.6 is 31.9 Å². The van der Waals surface area contributed by atoms with Crippen LogP contribution in [0.2, 0.25) is 0 Å². The fraction of sp³-hybridized carbons (Fsp3) is 0.273. The summed E-state index contributed by atoms with van der Waals surface area (Å²) in [4.78, 5) is 22.1. The smallest absolute Gasteiger partial charge is 0.268 e. The predicted octanol–water partition coefficient (Wildman–Crippen LogP) is 2.11. The van der Waals surface area contributed by atoms with Gasteiger partial charge in [-0.25, -0.2) is 4.98 Å². The van der Waals surface area contributed by atoms with Crippen LogP contribution in [-0.4, -0.2) is 27.4 Å². The summed E-state index contributed by atoms with van der Waals surface area (Å²) in [6.45, 7) is 0.606. The Bertz CT molecular complexity index is 648. The second-order valence-corrected chi connectivity index (χ2v) is 5.95. The Labute approximate surface area is 125 Å². The fourth-order valence-corrected chi connectivity index (χ4v) is 3.35. The topological polar surface area (TPSA) is 99.6 Å². The number of rotatable bonds is 1. The number of carbonyl (C=O) groups excluding carboxylic acids is 1. The van der Waals surface area contributed by atoms with Crippen molar-refractivity contribution in [1.29, 1.82) is 0 Å². The fourth-order valence-electron chi connectivity index (χ4n) is 2.37. The van der Waals surface area contributed by atoms with Gasteiger partial charge in [0, 0.05) is 23.7 Å². The molecule has 1 amide bonds. The van der Waals surface area contributed by atoms with Crippen molar-refractivity contribution in [3.63, 3.8) is 0 Å². The highest BCUT2D eigenvalue weighted by Gasteiger charge is 2.30. The summed E-state index contributed by atoms with van der Waals surface area (Å²) < 4.78 is 1.62. The molecule has 0 fully saturated rings. The number of nitrogens with one attached hydrogen (secondary N) is 3. The lowest BCUT2D eigenvalue weighted by Crippen LogP contribution is -2.23. The van der Waals surface area contributed by atoms with Gasteiger partial charge >= 0.3 is 0 Å². The van der Waals surface area contributed by atoms with Crippen LogP contribution in [0.5, 0.6) is 0 Å². The molecule has 2 aromatic heterocycles. The first-order chi connectivity index (χ1) is 9.08. The number of carbonyl (C=O) groups is 1. The van der Waals surface area contributed by atoms with E-state index in [0.717, 1.165) is 26.8 Å². The number of imidazole rings is 1. The Morgan fingerprint density at radius 3 is 2.84 bits per heavy atom. The first kappa shape index (κ1) is 12.7. The number of halogens is 2. The molecule has 0 saturated carbocycles. The van der Waals surface area contributed by atoms with Crippen LogP contribution in [0, 0.1) is 0 Å². The monoisotopic (exact) mass is 387 g/mol. The maximum absolute atomic E-state index is 12.0. The standard InChI is InChI=1S/C11H11Br2N5O/c12-7-6-4(5-3-16-11(14)17-5)1-2-15-10(19)8(6)18-9(7)13/h3-4,18H,1-2H2,(H,15,19)(H3,14,16,17)/t4-/m1/s1. The van der Waals surface area contributed by atoms with Crippen LogP contribution in [0.4, 0.5) is 5.95 Å². The Hall–Kier alpha value is -1.28. The van der Waals surface area contributed by atoms with Crippen molar-refractivity contribution in [3.05, 3.63) is 32.2 Å². The van der Waals surface area contributed by atoms with Crippen LogP contribution in [-0.2, 0) is 0 Å². The molecule has 2 aromatic rings. The Kier molecular flexibility index (Phi) is 3.14. The van der Waals surface area contributed by atoms with Gasteiger partial charge in [-0.1, -0.05) is 0 Å². The maximum Gasteiger partial charge on any atom is 0.268 e. The SMILES string of the molecule is Nc1ncc([C@H]2CCNC(=O)c3[nH]c(Br)c(Br)c32)[nH]1. The summed E-state index contributed by atoms with van der Waals surface area (Å²) in [5.41, 5.74) is 8.03. The maximum atomic E-state index is 12.0. The zero-order valence-corrected chi connectivity index (χ0v) is 12.9. The molecule has 0 radical (unpaired) electrons. The quantitative estimate of drug-likeness (QED) is 0.601. The number of amides is 1. The van der Waals surface area contributed by atoms with Crippen LogP contribution in [0.15, 0.2) is 15.3 Å². The van der Waals surface area contributed by atoms with E-state index in [1.165, 1.54) is 0 Å². The van der Waals surface area contributed by atoms with E-state index in [1.54, 1.807) is 6.20 Å². The average Bonchev–Trinajstić information content (AvgIpc) is 2.87. The first-order valence-electron chi connectivity index (χ1n) is 5.73. The van der Waals surface area contributed by atoms with Gasteiger partial charge in [-0.2, -0.15) is 0 Å². The molecule has 0 saturated heterocycles. The van der Waals surface area contributed by atoms with E-state index in [-0.39, 0.29) is 11.8 Å². The molecule has 19 heavy (non-hydrogen) atoms. The van der Waals surface area contributed by atoms with Gasteiger partial charge in [0.2, 0.25) is 0 Å². The molecule has 0 aromatic carbocycles. The lowest BCUT2D eigenvalue weighted by atomic mass is 9.94. The molecular formula is C11H11Br2N5O. The van der Waals surface area contributed by atoms with E-state index >= 15 is 0 Å². The van der Waals surface area contributed by atoms with E-state index in [0.29, 0.717) is 18.2 Å². The van der Waals surface area contributed by atoms with Gasteiger partial charge in [0.05, 0.1) is 15.3 Å². The van der Waals surface area contributed by atoms with E-state index in [2.05, 4.69) is 52.1 Å². The number of aromatic nitrogens is 3. The molecule has 0 bridgehead atoms. The Balaban J connectivity index is 2.16. The van der Waals surface area contributed by atoms with Gasteiger partial charge in [0.25, 0.3) is 5.91 Å². The third kappa shape index (κ3) is 2.08. The van der Waals surface area contributed by atoms with Crippen molar-refractivity contribution >= 4 is 43.7 Å². The van der Waals surface area contributed by atoms with Gasteiger partial charge in [-0.05, 0) is 38.3 Å². The molecule has 0 spiro atoms. The minimum absolute atomic E-state index is 0.0377. The molecule has 6 nitrogen and oxygen atoms in total. The summed E-state index contributed by atoms with van der Waals surface area (Å²) in [6.07, 6.45) is 2.50. The second-order valence-electron chi connectivity index (χ2n) is 4.36. The molecule has 3 rings (SSSR count). The van der Waals surface area contributed by atoms with Crippen LogP contribution in [0.1, 0.15) is 34.1 Å². The van der Waals surface area contributed by atoms with Crippen molar-refractivity contribution in [2.75, 3.05) is 12.3 Å². The number of nitrogen functional groups attached to an aromatic ring is 1. The van der Waals surface area contributed by atoms with E-state index in [1.807, 2.05) is 0 Å². The van der Waals surface area contributed by atoms with E-state index in [9.17, 15) is 4.79 Å². The zero-order chi connectivity index (χ0) is 13.6. The summed E-state index contributed by atoms with van der Waals surface area (Å²) in [6, 6.07) is 0. The van der Waals surface area contributed by atoms with Gasteiger partial charge < -0.3 is 21.0 Å². The van der Waals surface area contributed by atoms with Crippen molar-refractivity contribution in [2.45, 2.75) is 12.3 Å². The number of H-pyrrole nitrogens is 2. The first-order valence-corrected chi connectivity index (χ1v) is 7.32. The van der Waals surface area contributed by atoms with Gasteiger partial charge in [0.15, 0.2) is 5.95 Å². The van der Waals surface area contributed by atoms with Gasteiger partial charge in [0.1, 0.15) is 5.69 Å². The number of aromatic amines is 2. The average molecular weight is 389 g/mol. The second kappa shape index (κ2) is 4.68. The van der Waals surface area contributed by atoms with Crippen molar-refractivity contribution in [1.82, 2.24) is 20.3 Å². The van der Waals surface area contributed by atoms with Crippen molar-refractivity contribution in [2.24, 2.45) is 0 Å². The molecule has 1 aliphatic heterocycles. The number of hydrogen-bond donors (Lipinski definition) is 4. The number of anilines is 1. The summed E-state index contributed by atoms with van der Waals surface area (Å²) in [5.74, 6) is 0.317. The molecule has 1 aliphatic rings. The highest BCUT2D eigenvalue weighted by molar-refractivity contribution is 9.13. The zero-order valence-electron chi connectivity index (χ0n) is 9.76. The molecule has 100 valence electrons. The lowest BCUT2D eigenvalue weighted by molar-refractivity contribution is 0.0951. The predicted molar refractivity (Wildman–Crippen MR) is 78.0 cm³/mol. The Morgan fingerprint density at radius 2 is 2.16 bits per heavy atom. The van der Waals surface area contributed by atoms with Gasteiger partial charge in [-0.3, -0.25) is 4.79 Å². The van der Waals surface area contributed by atoms with Crippen LogP contribution in [0.25, 0.3) is 0 Å². The lowest BCUT2D eigenvalue weighted by Gasteiger charge is -2.13. The summed E-state index contributed by atoms with van der Waals surface area (Å²) in [5, 5.41) is 2.87. The molecule has 5 N–H and O–H groups in total. The van der Waals surface area contributed by atoms with E-state index in [4.69, 9.17) is 5.73 Å². The van der Waals surface area contributed by atoms with E-state index < -0.39 is 0 Å². The normalized spacial score (nSPS) is 18.8. The molecule has 1 atom stereocenters. The molecule has 0 aliphatic carbocycles. The number of hydrogen-bond acceptors (Lipinski definition) is 3.